The van der Waals surface area contributed by atoms with Crippen LogP contribution < -0.4 is 16.2 Å². The van der Waals surface area contributed by atoms with Gasteiger partial charge in [-0.15, -0.1) is 0 Å². The summed E-state index contributed by atoms with van der Waals surface area (Å²) in [7, 11) is 0. The highest BCUT2D eigenvalue weighted by atomic mass is 32.1. The van der Waals surface area contributed by atoms with Crippen LogP contribution in [0.3, 0.4) is 0 Å². The van der Waals surface area contributed by atoms with E-state index < -0.39 is 0 Å². The van der Waals surface area contributed by atoms with E-state index in [4.69, 9.17) is 12.2 Å². The van der Waals surface area contributed by atoms with E-state index in [-0.39, 0.29) is 0 Å². The molecule has 0 bridgehead atoms. The maximum atomic E-state index is 5.13. The van der Waals surface area contributed by atoms with Crippen LogP contribution in [0.4, 0.5) is 0 Å². The maximum absolute atomic E-state index is 5.13. The molecule has 0 amide bonds. The van der Waals surface area contributed by atoms with E-state index in [1.54, 1.807) is 0 Å². The first-order valence-corrected chi connectivity index (χ1v) is 6.60. The van der Waals surface area contributed by atoms with E-state index in [1.807, 2.05) is 12.1 Å². The normalized spacial score (nSPS) is 9.67. The number of benzene rings is 1. The Morgan fingerprint density at radius 3 is 2.50 bits per heavy atom. The summed E-state index contributed by atoms with van der Waals surface area (Å²) in [4.78, 5) is 0. The van der Waals surface area contributed by atoms with Crippen molar-refractivity contribution < 1.29 is 0 Å². The number of hydrazine groups is 1. The van der Waals surface area contributed by atoms with E-state index >= 15 is 0 Å². The first-order valence-electron chi connectivity index (χ1n) is 6.19. The highest BCUT2D eigenvalue weighted by Crippen LogP contribution is 2.09. The van der Waals surface area contributed by atoms with Gasteiger partial charge >= 0.3 is 0 Å². The Bertz CT molecular complexity index is 398. The molecule has 18 heavy (non-hydrogen) atoms. The molecule has 0 aliphatic heterocycles. The number of thiocarbonyl (C=S) groups is 1. The summed E-state index contributed by atoms with van der Waals surface area (Å²) in [6.45, 7) is 9.06. The molecule has 1 rings (SSSR count). The fourth-order valence-electron chi connectivity index (χ4n) is 1.38. The van der Waals surface area contributed by atoms with Gasteiger partial charge in [0, 0.05) is 6.54 Å². The fraction of sp³-hybridized carbons (Fsp3) is 0.357. The summed E-state index contributed by atoms with van der Waals surface area (Å²) in [5, 5.41) is 3.71. The Kier molecular flexibility index (Phi) is 6.22. The van der Waals surface area contributed by atoms with Crippen molar-refractivity contribution in [1.82, 2.24) is 16.2 Å². The SMILES string of the molecule is C=C(NNC(=S)NCCCC)c1ccc(C)cc1. The maximum Gasteiger partial charge on any atom is 0.185 e. The molecule has 0 atom stereocenters. The van der Waals surface area contributed by atoms with Gasteiger partial charge in [-0.3, -0.25) is 10.9 Å². The molecule has 3 N–H and O–H groups in total. The fourth-order valence-corrected chi connectivity index (χ4v) is 1.54. The van der Waals surface area contributed by atoms with E-state index in [9.17, 15) is 0 Å². The van der Waals surface area contributed by atoms with Crippen LogP contribution in [-0.4, -0.2) is 11.7 Å². The molecule has 1 aromatic rings. The predicted octanol–water partition coefficient (Wildman–Crippen LogP) is 2.73. The van der Waals surface area contributed by atoms with Gasteiger partial charge in [-0.2, -0.15) is 0 Å². The highest BCUT2D eigenvalue weighted by molar-refractivity contribution is 7.80. The molecule has 0 aromatic heterocycles. The molecule has 0 saturated carbocycles. The first kappa shape index (κ1) is 14.5. The zero-order chi connectivity index (χ0) is 13.4. The van der Waals surface area contributed by atoms with Crippen molar-refractivity contribution in [3.8, 4) is 0 Å². The van der Waals surface area contributed by atoms with Gasteiger partial charge in [-0.1, -0.05) is 49.8 Å². The molecule has 0 aliphatic carbocycles. The van der Waals surface area contributed by atoms with Crippen LogP contribution in [0.1, 0.15) is 30.9 Å². The van der Waals surface area contributed by atoms with Crippen LogP contribution in [0, 0.1) is 6.92 Å². The van der Waals surface area contributed by atoms with Crippen molar-refractivity contribution in [2.45, 2.75) is 26.7 Å². The van der Waals surface area contributed by atoms with Gasteiger partial charge in [0.15, 0.2) is 5.11 Å². The summed E-state index contributed by atoms with van der Waals surface area (Å²) >= 11 is 5.13. The van der Waals surface area contributed by atoms with E-state index in [0.29, 0.717) is 5.11 Å². The predicted molar refractivity (Wildman–Crippen MR) is 82.0 cm³/mol. The zero-order valence-electron chi connectivity index (χ0n) is 11.0. The topological polar surface area (TPSA) is 36.1 Å². The Morgan fingerprint density at radius 2 is 1.89 bits per heavy atom. The number of hydrogen-bond acceptors (Lipinski definition) is 2. The van der Waals surface area contributed by atoms with Gasteiger partial charge in [0.1, 0.15) is 0 Å². The van der Waals surface area contributed by atoms with Crippen molar-refractivity contribution in [2.75, 3.05) is 6.54 Å². The zero-order valence-corrected chi connectivity index (χ0v) is 11.9. The van der Waals surface area contributed by atoms with Crippen LogP contribution in [-0.2, 0) is 0 Å². The second-order valence-electron chi connectivity index (χ2n) is 4.20. The summed E-state index contributed by atoms with van der Waals surface area (Å²) in [5.41, 5.74) is 9.00. The number of nitrogens with one attached hydrogen (secondary N) is 3. The molecular formula is C14H21N3S. The number of rotatable bonds is 6. The standard InChI is InChI=1S/C14H21N3S/c1-4-5-10-15-14(18)17-16-12(3)13-8-6-11(2)7-9-13/h6-9,16H,3-5,10H2,1-2H3,(H2,15,17,18). The van der Waals surface area contributed by atoms with Gasteiger partial charge < -0.3 is 5.32 Å². The Morgan fingerprint density at radius 1 is 1.22 bits per heavy atom. The molecule has 1 aromatic carbocycles. The number of unbranched alkanes of at least 4 members (excludes halogenated alkanes) is 1. The molecule has 0 aliphatic rings. The second-order valence-corrected chi connectivity index (χ2v) is 4.61. The summed E-state index contributed by atoms with van der Waals surface area (Å²) in [6.07, 6.45) is 2.26. The lowest BCUT2D eigenvalue weighted by Gasteiger charge is -2.14. The monoisotopic (exact) mass is 263 g/mol. The van der Waals surface area contributed by atoms with E-state index in [0.717, 1.165) is 30.6 Å². The van der Waals surface area contributed by atoms with Gasteiger partial charge in [-0.05, 0) is 31.1 Å². The number of hydrogen-bond donors (Lipinski definition) is 3. The largest absolute Gasteiger partial charge is 0.361 e. The summed E-state index contributed by atoms with van der Waals surface area (Å²) in [6, 6.07) is 8.17. The minimum atomic E-state index is 0.594. The lowest BCUT2D eigenvalue weighted by Crippen LogP contribution is -2.43. The van der Waals surface area contributed by atoms with E-state index in [1.165, 1.54) is 5.56 Å². The average molecular weight is 263 g/mol. The van der Waals surface area contributed by atoms with Crippen LogP contribution in [0.5, 0.6) is 0 Å². The van der Waals surface area contributed by atoms with Crippen LogP contribution in [0.25, 0.3) is 5.70 Å². The molecule has 3 nitrogen and oxygen atoms in total. The molecule has 0 spiro atoms. The Labute approximate surface area is 115 Å². The third kappa shape index (κ3) is 5.19. The van der Waals surface area contributed by atoms with Gasteiger partial charge in [0.25, 0.3) is 0 Å². The van der Waals surface area contributed by atoms with Crippen molar-refractivity contribution in [3.63, 3.8) is 0 Å². The van der Waals surface area contributed by atoms with Crippen molar-refractivity contribution in [2.24, 2.45) is 0 Å². The van der Waals surface area contributed by atoms with Crippen LogP contribution in [0.15, 0.2) is 30.8 Å². The third-order valence-corrected chi connectivity index (χ3v) is 2.79. The lowest BCUT2D eigenvalue weighted by molar-refractivity contribution is 0.727. The molecule has 0 radical (unpaired) electrons. The second kappa shape index (κ2) is 7.71. The Hall–Kier alpha value is -1.55. The average Bonchev–Trinajstić information content (AvgIpc) is 2.37. The third-order valence-electron chi connectivity index (χ3n) is 2.54. The summed E-state index contributed by atoms with van der Waals surface area (Å²) < 4.78 is 0. The Balaban J connectivity index is 2.32. The van der Waals surface area contributed by atoms with Crippen molar-refractivity contribution in [3.05, 3.63) is 42.0 Å². The minimum Gasteiger partial charge on any atom is -0.361 e. The molecule has 0 heterocycles. The smallest absolute Gasteiger partial charge is 0.185 e. The van der Waals surface area contributed by atoms with Crippen LogP contribution in [0.2, 0.25) is 0 Å². The number of aryl methyl sites for hydroxylation is 1. The first-order chi connectivity index (χ1) is 8.63. The minimum absolute atomic E-state index is 0.594. The van der Waals surface area contributed by atoms with Gasteiger partial charge in [0.2, 0.25) is 0 Å². The highest BCUT2D eigenvalue weighted by Gasteiger charge is 1.98. The molecular weight excluding hydrogens is 242 g/mol. The van der Waals surface area contributed by atoms with E-state index in [2.05, 4.69) is 48.7 Å². The van der Waals surface area contributed by atoms with Crippen LogP contribution >= 0.6 is 12.2 Å². The van der Waals surface area contributed by atoms with Crippen molar-refractivity contribution >= 4 is 23.0 Å². The molecule has 4 heteroatoms. The summed E-state index contributed by atoms with van der Waals surface area (Å²) in [5.74, 6) is 0. The molecule has 0 saturated heterocycles. The quantitative estimate of drug-likeness (QED) is 0.419. The van der Waals surface area contributed by atoms with Crippen molar-refractivity contribution in [1.29, 1.82) is 0 Å². The molecule has 0 unspecified atom stereocenters. The lowest BCUT2D eigenvalue weighted by atomic mass is 10.1. The molecule has 0 fully saturated rings. The van der Waals surface area contributed by atoms with Gasteiger partial charge in [0.05, 0.1) is 5.70 Å². The molecule has 98 valence electrons. The van der Waals surface area contributed by atoms with Gasteiger partial charge in [-0.25, -0.2) is 0 Å².